The Bertz CT molecular complexity index is 767. The summed E-state index contributed by atoms with van der Waals surface area (Å²) < 4.78 is 0. The van der Waals surface area contributed by atoms with Crippen LogP contribution in [-0.4, -0.2) is 28.6 Å². The molecule has 204 valence electrons. The third kappa shape index (κ3) is 13.5. The zero-order valence-corrected chi connectivity index (χ0v) is 23.6. The molecule has 5 nitrogen and oxygen atoms in total. The lowest BCUT2D eigenvalue weighted by atomic mass is 9.95. The van der Waals surface area contributed by atoms with Gasteiger partial charge in [-0.05, 0) is 37.8 Å². The smallest absolute Gasteiger partial charge is 0.303 e. The number of aliphatic carboxylic acids is 1. The predicted octanol–water partition coefficient (Wildman–Crippen LogP) is 8.32. The van der Waals surface area contributed by atoms with Crippen LogP contribution in [0.15, 0.2) is 24.3 Å². The van der Waals surface area contributed by atoms with Gasteiger partial charge >= 0.3 is 5.97 Å². The number of carboxylic acid groups (broad SMARTS) is 1. The number of hydrogen-bond donors (Lipinski definition) is 2. The topological polar surface area (TPSA) is 74.7 Å². The van der Waals surface area contributed by atoms with E-state index < -0.39 is 5.97 Å². The molecule has 0 bridgehead atoms. The Hall–Kier alpha value is -1.82. The fraction of sp³-hybridized carbons (Fsp3) is 0.700. The molecule has 36 heavy (non-hydrogen) atoms. The highest BCUT2D eigenvalue weighted by atomic mass is 32.1. The number of thiol groups is 1. The van der Waals surface area contributed by atoms with Crippen LogP contribution in [0.2, 0.25) is 0 Å². The first-order valence-electron chi connectivity index (χ1n) is 14.3. The Kier molecular flexibility index (Phi) is 18.1. The Balaban J connectivity index is 2.16. The van der Waals surface area contributed by atoms with E-state index in [0.717, 1.165) is 43.4 Å². The van der Waals surface area contributed by atoms with E-state index in [2.05, 4.69) is 12.6 Å². The van der Waals surface area contributed by atoms with Crippen LogP contribution in [0.4, 0.5) is 5.69 Å². The summed E-state index contributed by atoms with van der Waals surface area (Å²) in [7, 11) is 0. The molecule has 1 aromatic carbocycles. The van der Waals surface area contributed by atoms with Crippen LogP contribution < -0.4 is 4.90 Å². The zero-order valence-electron chi connectivity index (χ0n) is 22.7. The Morgan fingerprint density at radius 1 is 0.750 bits per heavy atom. The van der Waals surface area contributed by atoms with Crippen LogP contribution >= 0.6 is 12.6 Å². The van der Waals surface area contributed by atoms with Crippen LogP contribution in [0.3, 0.4) is 0 Å². The summed E-state index contributed by atoms with van der Waals surface area (Å²) >= 11 is 4.07. The molecule has 0 saturated carbocycles. The third-order valence-electron chi connectivity index (χ3n) is 6.96. The number of amides is 1. The minimum absolute atomic E-state index is 0.133. The molecule has 0 radical (unpaired) electrons. The van der Waals surface area contributed by atoms with Crippen LogP contribution in [0.5, 0.6) is 0 Å². The second kappa shape index (κ2) is 20.3. The number of rotatable bonds is 22. The van der Waals surface area contributed by atoms with Crippen molar-refractivity contribution < 1.29 is 19.5 Å². The lowest BCUT2D eigenvalue weighted by molar-refractivity contribution is -0.137. The van der Waals surface area contributed by atoms with Gasteiger partial charge in [0.05, 0.1) is 5.92 Å². The summed E-state index contributed by atoms with van der Waals surface area (Å²) in [6.07, 6.45) is 17.9. The van der Waals surface area contributed by atoms with Crippen molar-refractivity contribution in [1.82, 2.24) is 0 Å². The van der Waals surface area contributed by atoms with Crippen molar-refractivity contribution in [1.29, 1.82) is 0 Å². The Morgan fingerprint density at radius 2 is 1.19 bits per heavy atom. The molecule has 1 aromatic rings. The van der Waals surface area contributed by atoms with Crippen LogP contribution in [0, 0.1) is 0 Å². The summed E-state index contributed by atoms with van der Waals surface area (Å²) in [6, 6.07) is 7.73. The highest BCUT2D eigenvalue weighted by Crippen LogP contribution is 2.32. The summed E-state index contributed by atoms with van der Waals surface area (Å²) in [6.45, 7) is 4.56. The number of benzene rings is 1. The fourth-order valence-electron chi connectivity index (χ4n) is 4.85. The quantitative estimate of drug-likeness (QED) is 0.119. The maximum absolute atomic E-state index is 13.0. The predicted molar refractivity (Wildman–Crippen MR) is 153 cm³/mol. The second-order valence-electron chi connectivity index (χ2n) is 9.84. The standard InChI is InChI=1S/C30H49NO4S/c1-3-25(30(35)36)26-21-19-20-22-27(26)31(4-2)28(32)23-17-15-13-11-9-7-5-6-8-10-12-14-16-18-24-29(33)34/h19-22,25H,3-18,23-24H2,1-2H3,(H,33,34)(H,35,36). The van der Waals surface area contributed by atoms with Crippen LogP contribution in [0.25, 0.3) is 0 Å². The third-order valence-corrected chi connectivity index (χ3v) is 7.27. The first kappa shape index (κ1) is 32.2. The number of carbonyl (C=O) groups excluding carboxylic acids is 2. The Morgan fingerprint density at radius 3 is 1.61 bits per heavy atom. The lowest BCUT2D eigenvalue weighted by Crippen LogP contribution is -2.31. The molecule has 0 aromatic heterocycles. The van der Waals surface area contributed by atoms with Crippen LogP contribution in [-0.2, 0) is 14.4 Å². The van der Waals surface area contributed by atoms with Gasteiger partial charge in [0.25, 0.3) is 0 Å². The Labute approximate surface area is 224 Å². The average Bonchev–Trinajstić information content (AvgIpc) is 2.85. The zero-order chi connectivity index (χ0) is 26.6. The van der Waals surface area contributed by atoms with E-state index in [1.807, 2.05) is 43.0 Å². The maximum Gasteiger partial charge on any atom is 0.303 e. The first-order chi connectivity index (χ1) is 17.4. The molecule has 1 rings (SSSR count). The summed E-state index contributed by atoms with van der Waals surface area (Å²) in [5, 5.41) is 8.47. The van der Waals surface area contributed by atoms with Crippen molar-refractivity contribution in [2.75, 3.05) is 11.4 Å². The molecular weight excluding hydrogens is 470 g/mol. The minimum atomic E-state index is -0.682. The lowest BCUT2D eigenvalue weighted by Gasteiger charge is -2.26. The van der Waals surface area contributed by atoms with Gasteiger partial charge in [0.15, 0.2) is 5.12 Å². The van der Waals surface area contributed by atoms with E-state index in [1.165, 1.54) is 57.8 Å². The first-order valence-corrected chi connectivity index (χ1v) is 14.7. The largest absolute Gasteiger partial charge is 0.481 e. The molecule has 0 spiro atoms. The van der Waals surface area contributed by atoms with Crippen molar-refractivity contribution in [2.45, 2.75) is 129 Å². The van der Waals surface area contributed by atoms with Crippen molar-refractivity contribution in [3.05, 3.63) is 29.8 Å². The minimum Gasteiger partial charge on any atom is -0.481 e. The van der Waals surface area contributed by atoms with Crippen molar-refractivity contribution in [3.8, 4) is 0 Å². The van der Waals surface area contributed by atoms with Gasteiger partial charge < -0.3 is 10.0 Å². The van der Waals surface area contributed by atoms with E-state index in [4.69, 9.17) is 5.11 Å². The summed E-state index contributed by atoms with van der Waals surface area (Å²) in [4.78, 5) is 37.3. The molecule has 1 amide bonds. The number of carboxylic acids is 1. The van der Waals surface area contributed by atoms with Gasteiger partial charge in [-0.1, -0.05) is 102 Å². The molecule has 0 aliphatic rings. The van der Waals surface area contributed by atoms with Gasteiger partial charge in [-0.2, -0.15) is 0 Å². The molecule has 0 aliphatic heterocycles. The summed E-state index contributed by atoms with van der Waals surface area (Å²) in [5.74, 6) is -0.840. The molecule has 1 atom stereocenters. The normalized spacial score (nSPS) is 11.9. The highest BCUT2D eigenvalue weighted by Gasteiger charge is 2.23. The highest BCUT2D eigenvalue weighted by molar-refractivity contribution is 7.96. The maximum atomic E-state index is 13.0. The number of anilines is 1. The van der Waals surface area contributed by atoms with E-state index in [0.29, 0.717) is 25.8 Å². The van der Waals surface area contributed by atoms with Crippen molar-refractivity contribution in [2.24, 2.45) is 0 Å². The molecule has 1 N–H and O–H groups in total. The fourth-order valence-corrected chi connectivity index (χ4v) is 5.17. The molecule has 6 heteroatoms. The van der Waals surface area contributed by atoms with E-state index >= 15 is 0 Å². The van der Waals surface area contributed by atoms with Crippen molar-refractivity contribution >= 4 is 35.3 Å². The molecule has 0 saturated heterocycles. The monoisotopic (exact) mass is 519 g/mol. The van der Waals surface area contributed by atoms with E-state index in [-0.39, 0.29) is 16.9 Å². The summed E-state index contributed by atoms with van der Waals surface area (Å²) in [5.41, 5.74) is 1.74. The van der Waals surface area contributed by atoms with E-state index in [1.54, 1.807) is 0 Å². The van der Waals surface area contributed by atoms with Gasteiger partial charge in [-0.15, -0.1) is 12.6 Å². The number of nitrogens with zero attached hydrogens (tertiary/aromatic N) is 1. The van der Waals surface area contributed by atoms with Gasteiger partial charge in [0, 0.05) is 25.1 Å². The molecule has 0 aliphatic carbocycles. The number of carbonyl (C=O) groups is 3. The SMILES string of the molecule is CCC(C(=O)S)c1ccccc1N(CC)C(=O)CCCCCCCCCCCCCCCCC(=O)O. The molecule has 1 unspecified atom stereocenters. The number of hydrogen-bond acceptors (Lipinski definition) is 3. The van der Waals surface area contributed by atoms with Crippen molar-refractivity contribution in [3.63, 3.8) is 0 Å². The molecular formula is C30H49NO4S. The molecule has 0 fully saturated rings. The van der Waals surface area contributed by atoms with Gasteiger partial charge in [-0.3, -0.25) is 14.4 Å². The second-order valence-corrected chi connectivity index (χ2v) is 10.3. The molecule has 0 heterocycles. The average molecular weight is 520 g/mol. The van der Waals surface area contributed by atoms with Crippen LogP contribution in [0.1, 0.15) is 134 Å². The van der Waals surface area contributed by atoms with E-state index in [9.17, 15) is 14.4 Å². The number of unbranched alkanes of at least 4 members (excludes halogenated alkanes) is 13. The van der Waals surface area contributed by atoms with Gasteiger partial charge in [0.2, 0.25) is 5.91 Å². The van der Waals surface area contributed by atoms with Gasteiger partial charge in [-0.25, -0.2) is 0 Å². The number of para-hydroxylation sites is 1. The van der Waals surface area contributed by atoms with Gasteiger partial charge in [0.1, 0.15) is 0 Å².